The van der Waals surface area contributed by atoms with Crippen LogP contribution in [0.4, 0.5) is 0 Å². The number of nitrogens with zero attached hydrogens (tertiary/aromatic N) is 2. The first-order valence-corrected chi connectivity index (χ1v) is 7.71. The zero-order valence-corrected chi connectivity index (χ0v) is 14.1. The van der Waals surface area contributed by atoms with E-state index in [0.29, 0.717) is 0 Å². The van der Waals surface area contributed by atoms with Gasteiger partial charge in [-0.05, 0) is 57.7 Å². The van der Waals surface area contributed by atoms with Crippen LogP contribution in [0.2, 0.25) is 0 Å². The Morgan fingerprint density at radius 2 is 1.67 bits per heavy atom. The molecule has 21 heavy (non-hydrogen) atoms. The second kappa shape index (κ2) is 6.02. The van der Waals surface area contributed by atoms with E-state index < -0.39 is 0 Å². The predicted octanol–water partition coefficient (Wildman–Crippen LogP) is 3.88. The fourth-order valence-electron chi connectivity index (χ4n) is 3.21. The first kappa shape index (κ1) is 15.8. The van der Waals surface area contributed by atoms with Crippen molar-refractivity contribution in [1.82, 2.24) is 9.78 Å². The lowest BCUT2D eigenvalue weighted by molar-refractivity contribution is 0.646. The zero-order chi connectivity index (χ0) is 15.7. The summed E-state index contributed by atoms with van der Waals surface area (Å²) in [6.07, 6.45) is 0.940. The molecule has 0 saturated carbocycles. The molecule has 2 rings (SSSR count). The van der Waals surface area contributed by atoms with E-state index in [2.05, 4.69) is 58.4 Å². The molecule has 0 aliphatic rings. The Kier molecular flexibility index (Phi) is 4.52. The average molecular weight is 285 g/mol. The summed E-state index contributed by atoms with van der Waals surface area (Å²) in [7, 11) is 0. The molecule has 0 aliphatic carbocycles. The molecule has 1 unspecified atom stereocenters. The molecule has 2 N–H and O–H groups in total. The van der Waals surface area contributed by atoms with Crippen molar-refractivity contribution < 1.29 is 0 Å². The summed E-state index contributed by atoms with van der Waals surface area (Å²) in [5.41, 5.74) is 15.0. The van der Waals surface area contributed by atoms with Crippen molar-refractivity contribution in [2.75, 3.05) is 0 Å². The molecule has 2 aromatic rings. The number of aryl methyl sites for hydroxylation is 4. The molecule has 1 aromatic heterocycles. The molecule has 0 amide bonds. The van der Waals surface area contributed by atoms with E-state index in [4.69, 9.17) is 10.8 Å². The first-order chi connectivity index (χ1) is 9.85. The Hall–Kier alpha value is -1.61. The largest absolute Gasteiger partial charge is 0.324 e. The van der Waals surface area contributed by atoms with Gasteiger partial charge in [-0.15, -0.1) is 0 Å². The van der Waals surface area contributed by atoms with Crippen LogP contribution >= 0.6 is 0 Å². The van der Waals surface area contributed by atoms with E-state index in [1.54, 1.807) is 0 Å². The Labute approximate surface area is 128 Å². The van der Waals surface area contributed by atoms with Crippen LogP contribution in [0.3, 0.4) is 0 Å². The molecule has 0 saturated heterocycles. The lowest BCUT2D eigenvalue weighted by atomic mass is 9.99. The van der Waals surface area contributed by atoms with Crippen LogP contribution in [-0.4, -0.2) is 9.78 Å². The Morgan fingerprint density at radius 1 is 1.10 bits per heavy atom. The van der Waals surface area contributed by atoms with E-state index >= 15 is 0 Å². The van der Waals surface area contributed by atoms with Crippen LogP contribution in [0.15, 0.2) is 12.1 Å². The Bertz CT molecular complexity index is 630. The maximum Gasteiger partial charge on any atom is 0.0667 e. The molecule has 1 atom stereocenters. The van der Waals surface area contributed by atoms with Crippen LogP contribution in [0, 0.1) is 34.6 Å². The average Bonchev–Trinajstić information content (AvgIpc) is 2.68. The Morgan fingerprint density at radius 3 is 2.19 bits per heavy atom. The summed E-state index contributed by atoms with van der Waals surface area (Å²) >= 11 is 0. The minimum Gasteiger partial charge on any atom is -0.324 e. The molecule has 0 spiro atoms. The van der Waals surface area contributed by atoms with E-state index in [1.165, 1.54) is 33.5 Å². The summed E-state index contributed by atoms with van der Waals surface area (Å²) in [6.45, 7) is 13.6. The molecule has 114 valence electrons. The monoisotopic (exact) mass is 285 g/mol. The van der Waals surface area contributed by atoms with Crippen molar-refractivity contribution in [1.29, 1.82) is 0 Å². The normalized spacial score (nSPS) is 12.7. The molecule has 0 aliphatic heterocycles. The third-order valence-electron chi connectivity index (χ3n) is 4.40. The minimum absolute atomic E-state index is 0.0824. The number of rotatable bonds is 4. The molecule has 0 radical (unpaired) electrons. The van der Waals surface area contributed by atoms with Gasteiger partial charge in [-0.25, -0.2) is 0 Å². The van der Waals surface area contributed by atoms with Gasteiger partial charge in [-0.3, -0.25) is 4.68 Å². The van der Waals surface area contributed by atoms with Crippen LogP contribution in [0.1, 0.15) is 58.6 Å². The van der Waals surface area contributed by atoms with Crippen molar-refractivity contribution in [2.24, 2.45) is 5.73 Å². The topological polar surface area (TPSA) is 43.8 Å². The van der Waals surface area contributed by atoms with Gasteiger partial charge in [-0.2, -0.15) is 5.10 Å². The van der Waals surface area contributed by atoms with Crippen LogP contribution < -0.4 is 5.73 Å². The third-order valence-corrected chi connectivity index (χ3v) is 4.40. The molecular formula is C18H27N3. The highest BCUT2D eigenvalue weighted by Crippen LogP contribution is 2.24. The molecule has 3 nitrogen and oxygen atoms in total. The maximum atomic E-state index is 6.23. The summed E-state index contributed by atoms with van der Waals surface area (Å²) in [4.78, 5) is 0. The number of benzene rings is 1. The summed E-state index contributed by atoms with van der Waals surface area (Å²) in [6, 6.07) is 4.57. The van der Waals surface area contributed by atoms with E-state index in [0.717, 1.165) is 18.7 Å². The van der Waals surface area contributed by atoms with Gasteiger partial charge >= 0.3 is 0 Å². The first-order valence-electron chi connectivity index (χ1n) is 7.71. The van der Waals surface area contributed by atoms with Gasteiger partial charge in [0, 0.05) is 17.3 Å². The van der Waals surface area contributed by atoms with Crippen molar-refractivity contribution in [3.05, 3.63) is 51.3 Å². The summed E-state index contributed by atoms with van der Waals surface area (Å²) in [5.74, 6) is 0. The van der Waals surface area contributed by atoms with Crippen molar-refractivity contribution in [2.45, 2.75) is 60.5 Å². The SMILES string of the molecule is CCC(N)c1c(C)nn(Cc2c(C)cc(C)cc2C)c1C. The third kappa shape index (κ3) is 3.03. The fourth-order valence-corrected chi connectivity index (χ4v) is 3.21. The highest BCUT2D eigenvalue weighted by atomic mass is 15.3. The predicted molar refractivity (Wildman–Crippen MR) is 88.7 cm³/mol. The molecular weight excluding hydrogens is 258 g/mol. The van der Waals surface area contributed by atoms with Gasteiger partial charge in [0.25, 0.3) is 0 Å². The minimum atomic E-state index is 0.0824. The smallest absolute Gasteiger partial charge is 0.0667 e. The lowest BCUT2D eigenvalue weighted by Gasteiger charge is -2.14. The van der Waals surface area contributed by atoms with Gasteiger partial charge < -0.3 is 5.73 Å². The van der Waals surface area contributed by atoms with Crippen LogP contribution in [0.25, 0.3) is 0 Å². The molecule has 0 fully saturated rings. The fraction of sp³-hybridized carbons (Fsp3) is 0.500. The molecule has 1 aromatic carbocycles. The molecule has 3 heteroatoms. The van der Waals surface area contributed by atoms with Gasteiger partial charge in [0.15, 0.2) is 0 Å². The Balaban J connectivity index is 2.42. The van der Waals surface area contributed by atoms with Gasteiger partial charge in [0.1, 0.15) is 0 Å². The van der Waals surface area contributed by atoms with E-state index in [-0.39, 0.29) is 6.04 Å². The van der Waals surface area contributed by atoms with Crippen molar-refractivity contribution in [3.8, 4) is 0 Å². The summed E-state index contributed by atoms with van der Waals surface area (Å²) < 4.78 is 2.10. The molecule has 0 bridgehead atoms. The standard InChI is InChI=1S/C18H27N3/c1-7-17(19)18-14(5)20-21(15(18)6)10-16-12(3)8-11(2)9-13(16)4/h8-9,17H,7,10,19H2,1-6H3. The quantitative estimate of drug-likeness (QED) is 0.926. The van der Waals surface area contributed by atoms with Gasteiger partial charge in [0.05, 0.1) is 12.2 Å². The van der Waals surface area contributed by atoms with Crippen LogP contribution in [0.5, 0.6) is 0 Å². The van der Waals surface area contributed by atoms with Gasteiger partial charge in [-0.1, -0.05) is 24.6 Å². The summed E-state index contributed by atoms with van der Waals surface area (Å²) in [5, 5.41) is 4.72. The second-order valence-electron chi connectivity index (χ2n) is 6.13. The number of aromatic nitrogens is 2. The number of nitrogens with two attached hydrogens (primary N) is 1. The maximum absolute atomic E-state index is 6.23. The second-order valence-corrected chi connectivity index (χ2v) is 6.13. The van der Waals surface area contributed by atoms with E-state index in [1.807, 2.05) is 0 Å². The van der Waals surface area contributed by atoms with Gasteiger partial charge in [0.2, 0.25) is 0 Å². The lowest BCUT2D eigenvalue weighted by Crippen LogP contribution is -2.12. The van der Waals surface area contributed by atoms with Crippen molar-refractivity contribution in [3.63, 3.8) is 0 Å². The number of hydrogen-bond acceptors (Lipinski definition) is 2. The highest BCUT2D eigenvalue weighted by Gasteiger charge is 2.17. The van der Waals surface area contributed by atoms with E-state index in [9.17, 15) is 0 Å². The number of hydrogen-bond donors (Lipinski definition) is 1. The molecule has 1 heterocycles. The van der Waals surface area contributed by atoms with Crippen molar-refractivity contribution >= 4 is 0 Å². The highest BCUT2D eigenvalue weighted by molar-refractivity contribution is 5.38. The zero-order valence-electron chi connectivity index (χ0n) is 14.1. The van der Waals surface area contributed by atoms with Crippen LogP contribution in [-0.2, 0) is 6.54 Å².